The molecular weight excluding hydrogens is 395 g/mol. The summed E-state index contributed by atoms with van der Waals surface area (Å²) in [5.41, 5.74) is 0.856. The van der Waals surface area contributed by atoms with Gasteiger partial charge in [-0.3, -0.25) is 4.79 Å². The highest BCUT2D eigenvalue weighted by molar-refractivity contribution is 7.99. The van der Waals surface area contributed by atoms with Crippen molar-refractivity contribution in [2.45, 2.75) is 43.4 Å². The minimum absolute atomic E-state index is 0.0913. The maximum atomic E-state index is 13.3. The predicted molar refractivity (Wildman–Crippen MR) is 109 cm³/mol. The van der Waals surface area contributed by atoms with Gasteiger partial charge in [0.25, 0.3) is 0 Å². The molecule has 1 aromatic carbocycles. The number of rotatable bonds is 8. The van der Waals surface area contributed by atoms with Crippen LogP contribution in [-0.2, 0) is 11.3 Å². The molecule has 1 amide bonds. The van der Waals surface area contributed by atoms with Gasteiger partial charge in [0, 0.05) is 17.3 Å². The van der Waals surface area contributed by atoms with Gasteiger partial charge < -0.3 is 9.88 Å². The molecule has 4 rings (SSSR count). The second-order valence-corrected chi connectivity index (χ2v) is 8.64. The molecule has 0 bridgehead atoms. The Morgan fingerprint density at radius 1 is 1.32 bits per heavy atom. The summed E-state index contributed by atoms with van der Waals surface area (Å²) < 4.78 is 15.4. The van der Waals surface area contributed by atoms with Crippen LogP contribution in [0.3, 0.4) is 0 Å². The summed E-state index contributed by atoms with van der Waals surface area (Å²) >= 11 is 2.97. The number of carbonyl (C=O) groups is 1. The van der Waals surface area contributed by atoms with Gasteiger partial charge in [0.15, 0.2) is 5.16 Å². The van der Waals surface area contributed by atoms with Crippen molar-refractivity contribution in [2.24, 2.45) is 0 Å². The van der Waals surface area contributed by atoms with Gasteiger partial charge in [-0.05, 0) is 48.9 Å². The maximum Gasteiger partial charge on any atom is 0.231 e. The summed E-state index contributed by atoms with van der Waals surface area (Å²) in [5, 5.41) is 14.4. The van der Waals surface area contributed by atoms with Gasteiger partial charge in [0.05, 0.1) is 11.8 Å². The molecule has 8 heteroatoms. The van der Waals surface area contributed by atoms with E-state index in [9.17, 15) is 9.18 Å². The lowest BCUT2D eigenvalue weighted by Crippen LogP contribution is -2.30. The number of benzene rings is 1. The molecule has 2 aromatic heterocycles. The molecule has 28 heavy (non-hydrogen) atoms. The number of hydrogen-bond acceptors (Lipinski definition) is 5. The molecule has 0 spiro atoms. The lowest BCUT2D eigenvalue weighted by molar-refractivity contribution is -0.119. The van der Waals surface area contributed by atoms with Crippen molar-refractivity contribution >= 4 is 29.0 Å². The number of aromatic nitrogens is 3. The quantitative estimate of drug-likeness (QED) is 0.554. The van der Waals surface area contributed by atoms with Crippen LogP contribution in [0.1, 0.15) is 48.0 Å². The Hall–Kier alpha value is -2.19. The van der Waals surface area contributed by atoms with Crippen LogP contribution >= 0.6 is 23.1 Å². The van der Waals surface area contributed by atoms with Gasteiger partial charge in [-0.2, -0.15) is 0 Å². The Morgan fingerprint density at radius 3 is 2.75 bits per heavy atom. The maximum absolute atomic E-state index is 13.3. The van der Waals surface area contributed by atoms with Crippen LogP contribution < -0.4 is 5.32 Å². The van der Waals surface area contributed by atoms with E-state index < -0.39 is 0 Å². The monoisotopic (exact) mass is 416 g/mol. The largest absolute Gasteiger partial charge is 0.344 e. The highest BCUT2D eigenvalue weighted by atomic mass is 32.2. The summed E-state index contributed by atoms with van der Waals surface area (Å²) in [5.74, 6) is 1.43. The van der Waals surface area contributed by atoms with Crippen molar-refractivity contribution < 1.29 is 9.18 Å². The van der Waals surface area contributed by atoms with Crippen molar-refractivity contribution in [2.75, 3.05) is 5.75 Å². The Morgan fingerprint density at radius 2 is 2.11 bits per heavy atom. The van der Waals surface area contributed by atoms with E-state index in [1.807, 2.05) is 17.5 Å². The molecule has 146 valence electrons. The SMILES string of the molecule is CCn1c(SCC(=O)NC(c2ccc(F)cc2)c2cccs2)nnc1C1CC1. The van der Waals surface area contributed by atoms with Gasteiger partial charge in [-0.1, -0.05) is 30.0 Å². The molecule has 1 fully saturated rings. The molecule has 2 heterocycles. The van der Waals surface area contributed by atoms with E-state index in [0.717, 1.165) is 28.0 Å². The normalized spacial score (nSPS) is 14.8. The molecule has 1 atom stereocenters. The summed E-state index contributed by atoms with van der Waals surface area (Å²) in [7, 11) is 0. The molecule has 5 nitrogen and oxygen atoms in total. The van der Waals surface area contributed by atoms with Crippen LogP contribution in [0, 0.1) is 5.82 Å². The average molecular weight is 417 g/mol. The Kier molecular flexibility index (Phi) is 5.77. The molecule has 1 aliphatic rings. The lowest BCUT2D eigenvalue weighted by atomic mass is 10.1. The smallest absolute Gasteiger partial charge is 0.231 e. The lowest BCUT2D eigenvalue weighted by Gasteiger charge is -2.18. The van der Waals surface area contributed by atoms with E-state index in [2.05, 4.69) is 27.0 Å². The zero-order chi connectivity index (χ0) is 19.5. The van der Waals surface area contributed by atoms with Gasteiger partial charge >= 0.3 is 0 Å². The zero-order valence-corrected chi connectivity index (χ0v) is 17.1. The third kappa shape index (κ3) is 4.28. The highest BCUT2D eigenvalue weighted by Gasteiger charge is 2.30. The minimum atomic E-state index is -0.292. The first kappa shape index (κ1) is 19.1. The number of nitrogens with zero attached hydrogens (tertiary/aromatic N) is 3. The topological polar surface area (TPSA) is 59.8 Å². The number of nitrogens with one attached hydrogen (secondary N) is 1. The Balaban J connectivity index is 1.44. The molecule has 1 unspecified atom stereocenters. The van der Waals surface area contributed by atoms with Crippen molar-refractivity contribution in [3.63, 3.8) is 0 Å². The standard InChI is InChI=1S/C20H21FN4OS2/c1-2-25-19(14-5-6-14)23-24-20(25)28-12-17(26)22-18(16-4-3-11-27-16)13-7-9-15(21)10-8-13/h3-4,7-11,14,18H,2,5-6,12H2,1H3,(H,22,26). The number of thiophene rings is 1. The van der Waals surface area contributed by atoms with Crippen LogP contribution in [0.5, 0.6) is 0 Å². The first-order valence-electron chi connectivity index (χ1n) is 9.29. The van der Waals surface area contributed by atoms with Crippen molar-refractivity contribution in [3.8, 4) is 0 Å². The Bertz CT molecular complexity index is 936. The van der Waals surface area contributed by atoms with Crippen molar-refractivity contribution in [1.29, 1.82) is 0 Å². The minimum Gasteiger partial charge on any atom is -0.344 e. The predicted octanol–water partition coefficient (Wildman–Crippen LogP) is 4.37. The molecule has 0 radical (unpaired) electrons. The van der Waals surface area contributed by atoms with E-state index in [4.69, 9.17) is 0 Å². The molecule has 0 saturated heterocycles. The molecule has 1 aliphatic carbocycles. The van der Waals surface area contributed by atoms with Gasteiger partial charge in [0.1, 0.15) is 11.6 Å². The van der Waals surface area contributed by atoms with Gasteiger partial charge in [0.2, 0.25) is 5.91 Å². The first-order valence-corrected chi connectivity index (χ1v) is 11.2. The van der Waals surface area contributed by atoms with Crippen LogP contribution in [0.15, 0.2) is 46.9 Å². The van der Waals surface area contributed by atoms with Gasteiger partial charge in [-0.15, -0.1) is 21.5 Å². The van der Waals surface area contributed by atoms with Crippen LogP contribution in [0.25, 0.3) is 0 Å². The zero-order valence-electron chi connectivity index (χ0n) is 15.5. The number of thioether (sulfide) groups is 1. The number of hydrogen-bond donors (Lipinski definition) is 1. The average Bonchev–Trinajstić information content (AvgIpc) is 3.24. The van der Waals surface area contributed by atoms with Crippen LogP contribution in [0.2, 0.25) is 0 Å². The molecule has 3 aromatic rings. The summed E-state index contributed by atoms with van der Waals surface area (Å²) in [6, 6.07) is 9.88. The number of halogens is 1. The third-order valence-electron chi connectivity index (χ3n) is 4.67. The number of carbonyl (C=O) groups excluding carboxylic acids is 1. The van der Waals surface area contributed by atoms with Crippen molar-refractivity contribution in [1.82, 2.24) is 20.1 Å². The highest BCUT2D eigenvalue weighted by Crippen LogP contribution is 2.40. The van der Waals surface area contributed by atoms with E-state index in [1.54, 1.807) is 23.5 Å². The Labute approximate surface area is 171 Å². The molecule has 0 aliphatic heterocycles. The molecule has 1 N–H and O–H groups in total. The second kappa shape index (κ2) is 8.45. The fourth-order valence-electron chi connectivity index (χ4n) is 3.11. The van der Waals surface area contributed by atoms with Crippen molar-refractivity contribution in [3.05, 3.63) is 63.9 Å². The fraction of sp³-hybridized carbons (Fsp3) is 0.350. The molecular formula is C20H21FN4OS2. The summed E-state index contributed by atoms with van der Waals surface area (Å²) in [6.45, 7) is 2.87. The molecule has 1 saturated carbocycles. The van der Waals surface area contributed by atoms with Crippen LogP contribution in [-0.4, -0.2) is 26.4 Å². The summed E-state index contributed by atoms with van der Waals surface area (Å²) in [4.78, 5) is 13.7. The third-order valence-corrected chi connectivity index (χ3v) is 6.58. The van der Waals surface area contributed by atoms with E-state index in [0.29, 0.717) is 5.92 Å². The fourth-order valence-corrected chi connectivity index (χ4v) is 4.73. The second-order valence-electron chi connectivity index (χ2n) is 6.72. The summed E-state index contributed by atoms with van der Waals surface area (Å²) in [6.07, 6.45) is 2.34. The number of amides is 1. The van der Waals surface area contributed by atoms with E-state index in [1.165, 1.54) is 36.7 Å². The first-order chi connectivity index (χ1) is 13.7. The van der Waals surface area contributed by atoms with E-state index in [-0.39, 0.29) is 23.5 Å². The van der Waals surface area contributed by atoms with E-state index >= 15 is 0 Å². The van der Waals surface area contributed by atoms with Gasteiger partial charge in [-0.25, -0.2) is 4.39 Å². The van der Waals surface area contributed by atoms with Crippen LogP contribution in [0.4, 0.5) is 4.39 Å².